The maximum Gasteiger partial charge on any atom is 0.251 e. The molecule has 3 heterocycles. The number of pyridine rings is 1. The summed E-state index contributed by atoms with van der Waals surface area (Å²) < 4.78 is 27.8. The molecule has 1 aliphatic rings. The number of hydrogen-bond acceptors (Lipinski definition) is 5. The van der Waals surface area contributed by atoms with E-state index in [0.29, 0.717) is 17.0 Å². The molecular formula is C25H27N5O4S. The number of fused-ring (bicyclic) bond motifs is 1. The number of nitrogens with zero attached hydrogens (tertiary/aromatic N) is 3. The second kappa shape index (κ2) is 7.94. The first-order chi connectivity index (χ1) is 16.4. The van der Waals surface area contributed by atoms with Crippen molar-refractivity contribution in [2.24, 2.45) is 0 Å². The third-order valence-corrected chi connectivity index (χ3v) is 8.71. The second-order valence-corrected chi connectivity index (χ2v) is 12.7. The van der Waals surface area contributed by atoms with Crippen molar-refractivity contribution < 1.29 is 13.2 Å². The highest BCUT2D eigenvalue weighted by molar-refractivity contribution is 7.92. The van der Waals surface area contributed by atoms with Crippen LogP contribution >= 0.6 is 0 Å². The van der Waals surface area contributed by atoms with Crippen molar-refractivity contribution in [1.82, 2.24) is 24.5 Å². The summed E-state index contributed by atoms with van der Waals surface area (Å²) in [6.45, 7) is 6.67. The minimum absolute atomic E-state index is 0.0809. The first kappa shape index (κ1) is 23.1. The quantitative estimate of drug-likeness (QED) is 0.442. The lowest BCUT2D eigenvalue weighted by molar-refractivity contribution is 0.0951. The van der Waals surface area contributed by atoms with Crippen molar-refractivity contribution in [3.63, 3.8) is 0 Å². The number of amides is 1. The predicted octanol–water partition coefficient (Wildman–Crippen LogP) is 3.25. The van der Waals surface area contributed by atoms with Crippen LogP contribution in [-0.4, -0.2) is 44.3 Å². The lowest BCUT2D eigenvalue weighted by atomic mass is 10.0. The Morgan fingerprint density at radius 1 is 1.14 bits per heavy atom. The van der Waals surface area contributed by atoms with Crippen LogP contribution in [0.5, 0.6) is 0 Å². The molecule has 0 aliphatic heterocycles. The molecule has 9 nitrogen and oxygen atoms in total. The van der Waals surface area contributed by atoms with E-state index in [1.165, 1.54) is 12.3 Å². The van der Waals surface area contributed by atoms with Gasteiger partial charge in [-0.05, 0) is 63.8 Å². The third kappa shape index (κ3) is 4.18. The first-order valence-corrected chi connectivity index (χ1v) is 12.9. The highest BCUT2D eigenvalue weighted by Crippen LogP contribution is 2.27. The number of carbonyl (C=O) groups excluding carboxylic acids is 1. The Hall–Kier alpha value is -3.66. The highest BCUT2D eigenvalue weighted by atomic mass is 32.2. The summed E-state index contributed by atoms with van der Waals surface area (Å²) in [6, 6.07) is 7.16. The van der Waals surface area contributed by atoms with E-state index in [0.717, 1.165) is 29.5 Å². The van der Waals surface area contributed by atoms with Gasteiger partial charge in [-0.1, -0.05) is 6.07 Å². The number of hydrogen-bond donors (Lipinski definition) is 2. The molecule has 0 atom stereocenters. The van der Waals surface area contributed by atoms with Gasteiger partial charge < -0.3 is 14.7 Å². The monoisotopic (exact) mass is 493 g/mol. The Morgan fingerprint density at radius 2 is 1.89 bits per heavy atom. The van der Waals surface area contributed by atoms with Crippen LogP contribution in [0.1, 0.15) is 49.5 Å². The molecular weight excluding hydrogens is 466 g/mol. The number of aromatic nitrogens is 4. The molecule has 1 amide bonds. The zero-order valence-corrected chi connectivity index (χ0v) is 20.8. The molecule has 2 N–H and O–H groups in total. The molecule has 10 heteroatoms. The molecule has 3 aromatic heterocycles. The summed E-state index contributed by atoms with van der Waals surface area (Å²) in [5.41, 5.74) is 3.21. The van der Waals surface area contributed by atoms with Crippen molar-refractivity contribution in [2.75, 3.05) is 0 Å². The Kier molecular flexibility index (Phi) is 5.24. The van der Waals surface area contributed by atoms with Crippen molar-refractivity contribution in [1.29, 1.82) is 0 Å². The van der Waals surface area contributed by atoms with Crippen molar-refractivity contribution >= 4 is 21.4 Å². The van der Waals surface area contributed by atoms with Gasteiger partial charge in [-0.3, -0.25) is 9.59 Å². The zero-order valence-electron chi connectivity index (χ0n) is 20.0. The van der Waals surface area contributed by atoms with Crippen molar-refractivity contribution in [3.05, 3.63) is 70.4 Å². The van der Waals surface area contributed by atoms with Gasteiger partial charge in [0.05, 0.1) is 17.1 Å². The van der Waals surface area contributed by atoms with E-state index >= 15 is 0 Å². The average molecular weight is 494 g/mol. The molecule has 1 aromatic carbocycles. The number of nitrogens with one attached hydrogen (secondary N) is 2. The standard InChI is InChI=1S/C25H27N5O4S/c1-15-5-6-16(24(32)27-18-7-8-18)9-19(15)17-11-26-30(12-17)23-14-29-13-21(20(31)10-22(29)28-23)35(33,34)25(2,3)4/h5-6,9-14,18,28H,7-8H2,1-4H3,(H,27,32). The molecule has 1 aliphatic carbocycles. The number of benzene rings is 1. The van der Waals surface area contributed by atoms with Gasteiger partial charge >= 0.3 is 0 Å². The second-order valence-electron chi connectivity index (χ2n) is 10.0. The van der Waals surface area contributed by atoms with Crippen LogP contribution in [0.2, 0.25) is 0 Å². The van der Waals surface area contributed by atoms with Gasteiger partial charge in [0.1, 0.15) is 16.4 Å². The number of aryl methyl sites for hydroxylation is 1. The number of rotatable bonds is 5. The largest absolute Gasteiger partial charge is 0.349 e. The van der Waals surface area contributed by atoms with Crippen molar-refractivity contribution in [3.8, 4) is 16.9 Å². The molecule has 0 unspecified atom stereocenters. The Morgan fingerprint density at radius 3 is 2.57 bits per heavy atom. The summed E-state index contributed by atoms with van der Waals surface area (Å²) in [7, 11) is -3.81. The maximum absolute atomic E-state index is 12.9. The molecule has 4 aromatic rings. The van der Waals surface area contributed by atoms with E-state index < -0.39 is 20.0 Å². The smallest absolute Gasteiger partial charge is 0.251 e. The van der Waals surface area contributed by atoms with Gasteiger partial charge in [0, 0.05) is 35.6 Å². The minimum Gasteiger partial charge on any atom is -0.349 e. The number of H-pyrrole nitrogens is 1. The highest BCUT2D eigenvalue weighted by Gasteiger charge is 2.33. The van der Waals surface area contributed by atoms with Gasteiger partial charge in [0.2, 0.25) is 5.43 Å². The fourth-order valence-electron chi connectivity index (χ4n) is 3.84. The van der Waals surface area contributed by atoms with Crippen LogP contribution < -0.4 is 10.7 Å². The van der Waals surface area contributed by atoms with E-state index in [-0.39, 0.29) is 16.8 Å². The molecule has 182 valence electrons. The van der Waals surface area contributed by atoms with Crippen LogP contribution in [0, 0.1) is 6.92 Å². The maximum atomic E-state index is 12.9. The van der Waals surface area contributed by atoms with E-state index in [4.69, 9.17) is 0 Å². The summed E-state index contributed by atoms with van der Waals surface area (Å²) in [5, 5.41) is 7.45. The molecule has 1 saturated carbocycles. The third-order valence-electron chi connectivity index (χ3n) is 6.21. The van der Waals surface area contributed by atoms with E-state index in [1.807, 2.05) is 31.3 Å². The van der Waals surface area contributed by atoms with Gasteiger partial charge in [-0.15, -0.1) is 0 Å². The predicted molar refractivity (Wildman–Crippen MR) is 133 cm³/mol. The minimum atomic E-state index is -3.81. The van der Waals surface area contributed by atoms with Gasteiger partial charge in [-0.25, -0.2) is 13.1 Å². The molecule has 0 bridgehead atoms. The van der Waals surface area contributed by atoms with Gasteiger partial charge in [-0.2, -0.15) is 5.10 Å². The fraction of sp³-hybridized carbons (Fsp3) is 0.320. The summed E-state index contributed by atoms with van der Waals surface area (Å²) in [5.74, 6) is 0.476. The molecule has 0 spiro atoms. The Labute approximate surface area is 202 Å². The topological polar surface area (TPSA) is 118 Å². The zero-order chi connectivity index (χ0) is 25.1. The van der Waals surface area contributed by atoms with E-state index in [1.54, 1.807) is 42.2 Å². The van der Waals surface area contributed by atoms with E-state index in [2.05, 4.69) is 15.4 Å². The van der Waals surface area contributed by atoms with Crippen LogP contribution in [0.3, 0.4) is 0 Å². The SMILES string of the molecule is Cc1ccc(C(=O)NC2CC2)cc1-c1cnn(-c2cn3cc(S(=O)(=O)C(C)(C)C)c(=O)cc3[nH]2)c1. The lowest BCUT2D eigenvalue weighted by Gasteiger charge is -2.18. The Bertz CT molecular complexity index is 1630. The number of sulfone groups is 1. The fourth-order valence-corrected chi connectivity index (χ4v) is 5.08. The average Bonchev–Trinajstić information content (AvgIpc) is 3.29. The molecule has 1 fully saturated rings. The number of imidazole rings is 1. The first-order valence-electron chi connectivity index (χ1n) is 11.4. The van der Waals surface area contributed by atoms with Crippen LogP contribution in [0.15, 0.2) is 58.7 Å². The number of carbonyl (C=O) groups is 1. The summed E-state index contributed by atoms with van der Waals surface area (Å²) in [4.78, 5) is 28.0. The van der Waals surface area contributed by atoms with Crippen LogP contribution in [0.4, 0.5) is 0 Å². The number of aromatic amines is 1. The van der Waals surface area contributed by atoms with Gasteiger partial charge in [0.25, 0.3) is 5.91 Å². The lowest BCUT2D eigenvalue weighted by Crippen LogP contribution is -2.32. The van der Waals surface area contributed by atoms with Crippen LogP contribution in [-0.2, 0) is 9.84 Å². The molecule has 35 heavy (non-hydrogen) atoms. The summed E-state index contributed by atoms with van der Waals surface area (Å²) >= 11 is 0. The summed E-state index contributed by atoms with van der Waals surface area (Å²) in [6.07, 6.45) is 8.60. The van der Waals surface area contributed by atoms with Gasteiger partial charge in [0.15, 0.2) is 9.84 Å². The molecule has 5 rings (SSSR count). The van der Waals surface area contributed by atoms with Crippen molar-refractivity contribution in [2.45, 2.75) is 56.2 Å². The van der Waals surface area contributed by atoms with E-state index in [9.17, 15) is 18.0 Å². The molecule has 0 radical (unpaired) electrons. The van der Waals surface area contributed by atoms with Crippen LogP contribution in [0.25, 0.3) is 22.6 Å². The Balaban J connectivity index is 1.50. The molecule has 0 saturated heterocycles. The normalized spacial score (nSPS) is 14.4.